The Morgan fingerprint density at radius 2 is 1.89 bits per heavy atom. The van der Waals surface area contributed by atoms with E-state index in [-0.39, 0.29) is 5.92 Å². The SMILES string of the molecule is Cc1ccc(-c2cc(C(C=O)CNc3ccc(-c4nc5c(N6CCOCC6)nccc5[nH]4)cc3)[nH]n2)cn1. The summed E-state index contributed by atoms with van der Waals surface area (Å²) in [6.45, 7) is 5.38. The molecule has 0 bridgehead atoms. The van der Waals surface area contributed by atoms with Gasteiger partial charge in [0.05, 0.1) is 30.3 Å². The van der Waals surface area contributed by atoms with Crippen LogP contribution in [-0.4, -0.2) is 69.3 Å². The van der Waals surface area contributed by atoms with Crippen molar-refractivity contribution >= 4 is 28.8 Å². The number of carbonyl (C=O) groups is 1. The predicted octanol–water partition coefficient (Wildman–Crippen LogP) is 3.95. The summed E-state index contributed by atoms with van der Waals surface area (Å²) >= 11 is 0. The molecule has 5 heterocycles. The molecule has 192 valence electrons. The number of nitrogens with zero attached hydrogens (tertiary/aromatic N) is 5. The quantitative estimate of drug-likeness (QED) is 0.269. The second kappa shape index (κ2) is 10.4. The zero-order valence-corrected chi connectivity index (χ0v) is 21.0. The van der Waals surface area contributed by atoms with Gasteiger partial charge in [-0.1, -0.05) is 0 Å². The van der Waals surface area contributed by atoms with E-state index < -0.39 is 0 Å². The maximum absolute atomic E-state index is 11.9. The number of aromatic amines is 2. The molecule has 0 saturated carbocycles. The summed E-state index contributed by atoms with van der Waals surface area (Å²) < 4.78 is 5.48. The number of hydrogen-bond acceptors (Lipinski definition) is 8. The van der Waals surface area contributed by atoms with E-state index in [4.69, 9.17) is 9.72 Å². The third-order valence-corrected chi connectivity index (χ3v) is 6.75. The van der Waals surface area contributed by atoms with Gasteiger partial charge < -0.3 is 24.7 Å². The molecule has 1 aliphatic heterocycles. The molecule has 1 atom stereocenters. The summed E-state index contributed by atoms with van der Waals surface area (Å²) in [7, 11) is 0. The molecule has 3 N–H and O–H groups in total. The Labute approximate surface area is 219 Å². The van der Waals surface area contributed by atoms with E-state index in [0.717, 1.165) is 75.9 Å². The number of ether oxygens (including phenoxy) is 1. The van der Waals surface area contributed by atoms with Gasteiger partial charge in [0.15, 0.2) is 5.82 Å². The van der Waals surface area contributed by atoms with Crippen LogP contribution in [0.1, 0.15) is 17.3 Å². The highest BCUT2D eigenvalue weighted by Crippen LogP contribution is 2.28. The molecule has 1 saturated heterocycles. The number of nitrogens with one attached hydrogen (secondary N) is 3. The minimum Gasteiger partial charge on any atom is -0.384 e. The van der Waals surface area contributed by atoms with Gasteiger partial charge >= 0.3 is 0 Å². The van der Waals surface area contributed by atoms with Crippen LogP contribution in [0.5, 0.6) is 0 Å². The van der Waals surface area contributed by atoms with E-state index in [1.54, 1.807) is 6.20 Å². The van der Waals surface area contributed by atoms with E-state index in [1.165, 1.54) is 0 Å². The van der Waals surface area contributed by atoms with Gasteiger partial charge in [-0.25, -0.2) is 9.97 Å². The maximum atomic E-state index is 11.9. The fourth-order valence-corrected chi connectivity index (χ4v) is 4.56. The fraction of sp³-hybridized carbons (Fsp3) is 0.250. The smallest absolute Gasteiger partial charge is 0.156 e. The van der Waals surface area contributed by atoms with Crippen LogP contribution < -0.4 is 10.2 Å². The Kier molecular flexibility index (Phi) is 6.53. The first-order valence-electron chi connectivity index (χ1n) is 12.6. The first-order valence-corrected chi connectivity index (χ1v) is 12.6. The number of pyridine rings is 2. The maximum Gasteiger partial charge on any atom is 0.156 e. The molecule has 4 aromatic heterocycles. The van der Waals surface area contributed by atoms with Crippen molar-refractivity contribution < 1.29 is 9.53 Å². The zero-order chi connectivity index (χ0) is 25.9. The lowest BCUT2D eigenvalue weighted by atomic mass is 10.1. The molecule has 1 aliphatic rings. The van der Waals surface area contributed by atoms with Crippen molar-refractivity contribution in [2.45, 2.75) is 12.8 Å². The van der Waals surface area contributed by atoms with Crippen molar-refractivity contribution in [3.63, 3.8) is 0 Å². The molecule has 5 aromatic rings. The lowest BCUT2D eigenvalue weighted by Gasteiger charge is -2.27. The van der Waals surface area contributed by atoms with Crippen molar-refractivity contribution in [2.75, 3.05) is 43.1 Å². The van der Waals surface area contributed by atoms with Crippen molar-refractivity contribution in [3.05, 3.63) is 72.3 Å². The normalized spacial score (nSPS) is 14.5. The number of fused-ring (bicyclic) bond motifs is 1. The lowest BCUT2D eigenvalue weighted by molar-refractivity contribution is -0.108. The molecule has 10 heteroatoms. The van der Waals surface area contributed by atoms with Crippen LogP contribution >= 0.6 is 0 Å². The average Bonchev–Trinajstić information content (AvgIpc) is 3.63. The highest BCUT2D eigenvalue weighted by Gasteiger charge is 2.18. The number of aryl methyl sites for hydroxylation is 1. The molecule has 10 nitrogen and oxygen atoms in total. The zero-order valence-electron chi connectivity index (χ0n) is 21.0. The Morgan fingerprint density at radius 1 is 1.08 bits per heavy atom. The van der Waals surface area contributed by atoms with Gasteiger partial charge in [-0.3, -0.25) is 10.1 Å². The third kappa shape index (κ3) is 4.85. The Morgan fingerprint density at radius 3 is 2.66 bits per heavy atom. The van der Waals surface area contributed by atoms with Gasteiger partial charge in [-0.05, 0) is 55.5 Å². The van der Waals surface area contributed by atoms with Crippen molar-refractivity contribution in [3.8, 4) is 22.6 Å². The first kappa shape index (κ1) is 23.8. The number of benzene rings is 1. The largest absolute Gasteiger partial charge is 0.384 e. The number of hydrogen-bond donors (Lipinski definition) is 3. The van der Waals surface area contributed by atoms with Crippen LogP contribution in [0.25, 0.3) is 33.7 Å². The first-order chi connectivity index (χ1) is 18.7. The van der Waals surface area contributed by atoms with Crippen LogP contribution in [0.3, 0.4) is 0 Å². The topological polar surface area (TPSA) is 125 Å². The number of rotatable bonds is 8. The highest BCUT2D eigenvalue weighted by atomic mass is 16.5. The molecular weight excluding hydrogens is 480 g/mol. The summed E-state index contributed by atoms with van der Waals surface area (Å²) in [6, 6.07) is 15.8. The summed E-state index contributed by atoms with van der Waals surface area (Å²) in [4.78, 5) is 31.3. The molecule has 0 aliphatic carbocycles. The molecule has 0 amide bonds. The molecule has 0 spiro atoms. The minimum absolute atomic E-state index is 0.365. The van der Waals surface area contributed by atoms with Crippen LogP contribution in [0, 0.1) is 6.92 Å². The van der Waals surface area contributed by atoms with Crippen LogP contribution in [0.2, 0.25) is 0 Å². The van der Waals surface area contributed by atoms with E-state index >= 15 is 0 Å². The molecule has 1 unspecified atom stereocenters. The number of aromatic nitrogens is 6. The molecule has 1 aromatic carbocycles. The van der Waals surface area contributed by atoms with Crippen LogP contribution in [0.4, 0.5) is 11.5 Å². The Balaban J connectivity index is 1.14. The summed E-state index contributed by atoms with van der Waals surface area (Å²) in [5, 5.41) is 10.7. The Bertz CT molecular complexity index is 1540. The second-order valence-electron chi connectivity index (χ2n) is 9.31. The van der Waals surface area contributed by atoms with E-state index in [9.17, 15) is 4.79 Å². The van der Waals surface area contributed by atoms with E-state index in [2.05, 4.69) is 35.4 Å². The van der Waals surface area contributed by atoms with E-state index in [1.807, 2.05) is 61.7 Å². The Hall–Kier alpha value is -4.57. The standard InChI is InChI=1S/C28H28N8O2/c1-18-2-3-20(15-30-18)24-14-25(35-34-24)21(17-37)16-31-22-6-4-19(5-7-22)27-32-23-8-9-29-28(26(23)33-27)36-10-12-38-13-11-36/h2-9,14-15,17,21,31H,10-13,16H2,1H3,(H,32,33)(H,34,35). The minimum atomic E-state index is -0.365. The molecule has 1 fully saturated rings. The van der Waals surface area contributed by atoms with Gasteiger partial charge in [-0.2, -0.15) is 5.10 Å². The number of anilines is 2. The van der Waals surface area contributed by atoms with E-state index in [0.29, 0.717) is 19.8 Å². The fourth-order valence-electron chi connectivity index (χ4n) is 4.56. The van der Waals surface area contributed by atoms with Gasteiger partial charge in [0.25, 0.3) is 0 Å². The summed E-state index contributed by atoms with van der Waals surface area (Å²) in [6.07, 6.45) is 4.53. The molecule has 6 rings (SSSR count). The van der Waals surface area contributed by atoms with Crippen LogP contribution in [-0.2, 0) is 9.53 Å². The second-order valence-corrected chi connectivity index (χ2v) is 9.31. The van der Waals surface area contributed by atoms with Gasteiger partial charge in [0.1, 0.15) is 17.6 Å². The number of carbonyl (C=O) groups excluding carboxylic acids is 1. The summed E-state index contributed by atoms with van der Waals surface area (Å²) in [5.74, 6) is 1.30. The highest BCUT2D eigenvalue weighted by molar-refractivity contribution is 5.88. The molecule has 0 radical (unpaired) electrons. The van der Waals surface area contributed by atoms with Gasteiger partial charge in [-0.15, -0.1) is 0 Å². The van der Waals surface area contributed by atoms with Crippen molar-refractivity contribution in [1.29, 1.82) is 0 Å². The van der Waals surface area contributed by atoms with Crippen molar-refractivity contribution in [2.24, 2.45) is 0 Å². The number of H-pyrrole nitrogens is 2. The predicted molar refractivity (Wildman–Crippen MR) is 146 cm³/mol. The number of morpholine rings is 1. The van der Waals surface area contributed by atoms with Crippen LogP contribution in [0.15, 0.2) is 60.9 Å². The lowest BCUT2D eigenvalue weighted by Crippen LogP contribution is -2.36. The molecular formula is C28H28N8O2. The molecule has 38 heavy (non-hydrogen) atoms. The number of imidazole rings is 1. The monoisotopic (exact) mass is 508 g/mol. The van der Waals surface area contributed by atoms with Gasteiger partial charge in [0, 0.05) is 60.2 Å². The third-order valence-electron chi connectivity index (χ3n) is 6.75. The summed E-state index contributed by atoms with van der Waals surface area (Å²) in [5.41, 5.74) is 7.07. The average molecular weight is 509 g/mol. The number of aldehydes is 1. The van der Waals surface area contributed by atoms with Crippen molar-refractivity contribution in [1.82, 2.24) is 30.1 Å². The van der Waals surface area contributed by atoms with Gasteiger partial charge in [0.2, 0.25) is 0 Å².